The van der Waals surface area contributed by atoms with Gasteiger partial charge in [-0.3, -0.25) is 0 Å². The Hall–Kier alpha value is -3.95. The van der Waals surface area contributed by atoms with E-state index in [4.69, 9.17) is 0 Å². The Morgan fingerprint density at radius 2 is 1.62 bits per heavy atom. The quantitative estimate of drug-likeness (QED) is 0.570. The predicted octanol–water partition coefficient (Wildman–Crippen LogP) is 4.88. The summed E-state index contributed by atoms with van der Waals surface area (Å²) in [7, 11) is 0. The number of urea groups is 1. The van der Waals surface area contributed by atoms with E-state index in [1.54, 1.807) is 6.07 Å². The summed E-state index contributed by atoms with van der Waals surface area (Å²) in [5, 5.41) is 22.1. The maximum atomic E-state index is 13.9. The molecule has 1 heterocycles. The van der Waals surface area contributed by atoms with Crippen LogP contribution in [0.25, 0.3) is 12.2 Å². The highest BCUT2D eigenvalue weighted by Crippen LogP contribution is 2.41. The van der Waals surface area contributed by atoms with Gasteiger partial charge in [-0.25, -0.2) is 9.18 Å². The van der Waals surface area contributed by atoms with Gasteiger partial charge >= 0.3 is 6.03 Å². The molecule has 0 aliphatic carbocycles. The number of anilines is 1. The molecule has 3 atom stereocenters. The summed E-state index contributed by atoms with van der Waals surface area (Å²) in [6.07, 6.45) is 4.01. The van der Waals surface area contributed by atoms with Crippen molar-refractivity contribution in [1.82, 2.24) is 4.90 Å². The fourth-order valence-corrected chi connectivity index (χ4v) is 4.01. The lowest BCUT2D eigenvalue weighted by Crippen LogP contribution is -2.66. The molecule has 160 valence electrons. The zero-order chi connectivity index (χ0) is 22.5. The van der Waals surface area contributed by atoms with Gasteiger partial charge in [-0.15, -0.1) is 0 Å². The lowest BCUT2D eigenvalue weighted by atomic mass is 9.76. The number of carbonyl (C=O) groups excluding carboxylic acids is 1. The van der Waals surface area contributed by atoms with Gasteiger partial charge in [0.1, 0.15) is 11.9 Å². The monoisotopic (exact) mass is 427 g/mol. The molecule has 1 fully saturated rings. The van der Waals surface area contributed by atoms with Gasteiger partial charge in [-0.2, -0.15) is 5.26 Å². The van der Waals surface area contributed by atoms with Crippen molar-refractivity contribution < 1.29 is 14.3 Å². The van der Waals surface area contributed by atoms with Crippen LogP contribution in [-0.4, -0.2) is 34.7 Å². The summed E-state index contributed by atoms with van der Waals surface area (Å²) < 4.78 is 13.9. The van der Waals surface area contributed by atoms with E-state index in [1.807, 2.05) is 66.7 Å². The van der Waals surface area contributed by atoms with Gasteiger partial charge in [0.2, 0.25) is 0 Å². The van der Waals surface area contributed by atoms with Gasteiger partial charge < -0.3 is 15.3 Å². The van der Waals surface area contributed by atoms with Crippen LogP contribution in [0.2, 0.25) is 0 Å². The number of amides is 2. The topological polar surface area (TPSA) is 76.4 Å². The lowest BCUT2D eigenvalue weighted by Gasteiger charge is -2.51. The molecule has 6 heteroatoms. The SMILES string of the molecule is N#C[C@H]1[C@@H](c2ccc(/C=C/c3ccccc3)cc2)[C@@H](CO)N1C(=O)Nc1ccccc1F. The number of likely N-dealkylation sites (tertiary alicyclic amines) is 1. The van der Waals surface area contributed by atoms with Crippen molar-refractivity contribution in [3.05, 3.63) is 101 Å². The van der Waals surface area contributed by atoms with E-state index >= 15 is 0 Å². The summed E-state index contributed by atoms with van der Waals surface area (Å²) in [6.45, 7) is -0.302. The van der Waals surface area contributed by atoms with E-state index in [9.17, 15) is 19.6 Å². The summed E-state index contributed by atoms with van der Waals surface area (Å²) in [5.74, 6) is -0.894. The zero-order valence-electron chi connectivity index (χ0n) is 17.2. The molecule has 0 bridgehead atoms. The fraction of sp³-hybridized carbons (Fsp3) is 0.154. The number of nitrogens with one attached hydrogen (secondary N) is 1. The maximum absolute atomic E-state index is 13.9. The first-order valence-corrected chi connectivity index (χ1v) is 10.3. The van der Waals surface area contributed by atoms with Crippen molar-refractivity contribution in [2.24, 2.45) is 0 Å². The second-order valence-electron chi connectivity index (χ2n) is 7.58. The standard InChI is InChI=1S/C26H22FN3O2/c27-21-8-4-5-9-22(21)29-26(32)30-23(16-28)25(24(30)17-31)20-14-12-19(13-15-20)11-10-18-6-2-1-3-7-18/h1-15,23-25,31H,17H2,(H,29,32)/b11-10+/t23-,24+,25+/m0/s1. The minimum atomic E-state index is -0.760. The van der Waals surface area contributed by atoms with Gasteiger partial charge in [0.25, 0.3) is 0 Å². The summed E-state index contributed by atoms with van der Waals surface area (Å²) in [6, 6.07) is 23.7. The summed E-state index contributed by atoms with van der Waals surface area (Å²) in [5.41, 5.74) is 2.99. The number of aliphatic hydroxyl groups excluding tert-OH is 1. The van der Waals surface area contributed by atoms with E-state index in [0.29, 0.717) is 0 Å². The third kappa shape index (κ3) is 4.25. The molecule has 0 spiro atoms. The number of benzene rings is 3. The molecule has 0 saturated carbocycles. The molecular weight excluding hydrogens is 405 g/mol. The van der Waals surface area contributed by atoms with Crippen LogP contribution in [0.5, 0.6) is 0 Å². The molecule has 1 aliphatic rings. The molecule has 2 amide bonds. The molecule has 1 aliphatic heterocycles. The molecule has 1 saturated heterocycles. The molecule has 0 unspecified atom stereocenters. The minimum Gasteiger partial charge on any atom is -0.394 e. The highest BCUT2D eigenvalue weighted by Gasteiger charge is 2.51. The number of nitriles is 1. The molecule has 5 nitrogen and oxygen atoms in total. The van der Waals surface area contributed by atoms with Crippen LogP contribution >= 0.6 is 0 Å². The number of hydrogen-bond acceptors (Lipinski definition) is 3. The maximum Gasteiger partial charge on any atom is 0.323 e. The highest BCUT2D eigenvalue weighted by atomic mass is 19.1. The predicted molar refractivity (Wildman–Crippen MR) is 122 cm³/mol. The Morgan fingerprint density at radius 3 is 2.25 bits per heavy atom. The minimum absolute atomic E-state index is 0.0314. The Morgan fingerprint density at radius 1 is 1.00 bits per heavy atom. The van der Waals surface area contributed by atoms with Crippen LogP contribution in [0, 0.1) is 17.1 Å². The van der Waals surface area contributed by atoms with Crippen LogP contribution in [0.1, 0.15) is 22.6 Å². The number of para-hydroxylation sites is 1. The van der Waals surface area contributed by atoms with Crippen LogP contribution < -0.4 is 5.32 Å². The number of nitrogens with zero attached hydrogens (tertiary/aromatic N) is 2. The van der Waals surface area contributed by atoms with Crippen molar-refractivity contribution in [2.45, 2.75) is 18.0 Å². The zero-order valence-corrected chi connectivity index (χ0v) is 17.2. The first kappa shape index (κ1) is 21.3. The molecular formula is C26H22FN3O2. The number of carbonyl (C=O) groups is 1. The smallest absolute Gasteiger partial charge is 0.323 e. The van der Waals surface area contributed by atoms with E-state index in [-0.39, 0.29) is 18.2 Å². The summed E-state index contributed by atoms with van der Waals surface area (Å²) in [4.78, 5) is 14.0. The fourth-order valence-electron chi connectivity index (χ4n) is 4.01. The normalized spacial score (nSPS) is 19.9. The van der Waals surface area contributed by atoms with Crippen LogP contribution in [0.15, 0.2) is 78.9 Å². The highest BCUT2D eigenvalue weighted by molar-refractivity contribution is 5.91. The van der Waals surface area contributed by atoms with Gasteiger partial charge in [-0.05, 0) is 28.8 Å². The van der Waals surface area contributed by atoms with Gasteiger partial charge in [0.15, 0.2) is 0 Å². The third-order valence-corrected chi connectivity index (χ3v) is 5.67. The Labute approximate surface area is 186 Å². The number of halogens is 1. The van der Waals surface area contributed by atoms with Crippen LogP contribution in [0.4, 0.5) is 14.9 Å². The Bertz CT molecular complexity index is 1160. The molecule has 2 N–H and O–H groups in total. The van der Waals surface area contributed by atoms with Crippen molar-refractivity contribution >= 4 is 23.9 Å². The Balaban J connectivity index is 1.49. The third-order valence-electron chi connectivity index (χ3n) is 5.67. The molecule has 0 radical (unpaired) electrons. The number of aliphatic hydroxyl groups is 1. The van der Waals surface area contributed by atoms with Crippen LogP contribution in [0.3, 0.4) is 0 Å². The van der Waals surface area contributed by atoms with Crippen molar-refractivity contribution in [3.8, 4) is 6.07 Å². The van der Waals surface area contributed by atoms with E-state index < -0.39 is 23.9 Å². The second kappa shape index (κ2) is 9.46. The van der Waals surface area contributed by atoms with Crippen LogP contribution in [-0.2, 0) is 0 Å². The average Bonchev–Trinajstić information content (AvgIpc) is 2.80. The van der Waals surface area contributed by atoms with Crippen molar-refractivity contribution in [1.29, 1.82) is 5.26 Å². The number of hydrogen-bond donors (Lipinski definition) is 2. The summed E-state index contributed by atoms with van der Waals surface area (Å²) >= 11 is 0. The largest absolute Gasteiger partial charge is 0.394 e. The van der Waals surface area contributed by atoms with Gasteiger partial charge in [-0.1, -0.05) is 78.9 Å². The van der Waals surface area contributed by atoms with Gasteiger partial charge in [0.05, 0.1) is 24.4 Å². The molecule has 32 heavy (non-hydrogen) atoms. The molecule has 0 aromatic heterocycles. The van der Waals surface area contributed by atoms with E-state index in [2.05, 4.69) is 11.4 Å². The van der Waals surface area contributed by atoms with Gasteiger partial charge in [0, 0.05) is 5.92 Å². The van der Waals surface area contributed by atoms with E-state index in [1.165, 1.54) is 23.1 Å². The van der Waals surface area contributed by atoms with Crippen molar-refractivity contribution in [3.63, 3.8) is 0 Å². The first-order valence-electron chi connectivity index (χ1n) is 10.3. The average molecular weight is 427 g/mol. The second-order valence-corrected chi connectivity index (χ2v) is 7.58. The molecule has 4 rings (SSSR count). The van der Waals surface area contributed by atoms with E-state index in [0.717, 1.165) is 16.7 Å². The Kier molecular flexibility index (Phi) is 6.29. The van der Waals surface area contributed by atoms with Crippen molar-refractivity contribution in [2.75, 3.05) is 11.9 Å². The first-order chi connectivity index (χ1) is 15.6. The number of rotatable bonds is 5. The lowest BCUT2D eigenvalue weighted by molar-refractivity contribution is 0.0223. The molecule has 3 aromatic carbocycles. The molecule has 3 aromatic rings.